The van der Waals surface area contributed by atoms with Crippen molar-refractivity contribution >= 4 is 27.3 Å². The summed E-state index contributed by atoms with van der Waals surface area (Å²) in [5.74, 6) is 0.282. The van der Waals surface area contributed by atoms with Gasteiger partial charge in [-0.2, -0.15) is 0 Å². The maximum atomic E-state index is 5.61. The van der Waals surface area contributed by atoms with Gasteiger partial charge in [0.05, 0.1) is 0 Å². The minimum absolute atomic E-state index is 0. The predicted octanol–water partition coefficient (Wildman–Crippen LogP) is 0.0973. The van der Waals surface area contributed by atoms with Crippen molar-refractivity contribution in [3.63, 3.8) is 0 Å². The molecule has 0 saturated carbocycles. The average molecular weight is 258 g/mol. The first-order valence-electron chi connectivity index (χ1n) is 4.37. The van der Waals surface area contributed by atoms with E-state index in [1.165, 1.54) is 21.3 Å². The van der Waals surface area contributed by atoms with Crippen molar-refractivity contribution in [3.05, 3.63) is 0 Å². The Morgan fingerprint density at radius 3 is 2.07 bits per heavy atom. The van der Waals surface area contributed by atoms with Crippen molar-refractivity contribution in [1.82, 2.24) is 4.98 Å². The molecule has 0 aromatic carbocycles. The number of nitrogens with two attached hydrogens (primary N) is 1. The van der Waals surface area contributed by atoms with E-state index in [0.29, 0.717) is 6.54 Å². The maximum Gasteiger partial charge on any atom is 0.632 e. The summed E-state index contributed by atoms with van der Waals surface area (Å²) in [5, 5.41) is 0. The number of hydrogen-bond acceptors (Lipinski definition) is 4. The van der Waals surface area contributed by atoms with Crippen molar-refractivity contribution in [2.24, 2.45) is 10.7 Å². The van der Waals surface area contributed by atoms with Crippen molar-refractivity contribution in [2.45, 2.75) is 13.3 Å². The summed E-state index contributed by atoms with van der Waals surface area (Å²) in [7, 11) is 1.66. The van der Waals surface area contributed by atoms with Gasteiger partial charge in [0.1, 0.15) is 0 Å². The van der Waals surface area contributed by atoms with E-state index in [2.05, 4.69) is 9.97 Å². The van der Waals surface area contributed by atoms with E-state index in [4.69, 9.17) is 19.0 Å². The fourth-order valence-electron chi connectivity index (χ4n) is 0.832. The molecule has 0 atom stereocenters. The lowest BCUT2D eigenvalue weighted by Crippen LogP contribution is -2.61. The van der Waals surface area contributed by atoms with Crippen LogP contribution in [0.2, 0.25) is 0 Å². The molecule has 0 rings (SSSR count). The van der Waals surface area contributed by atoms with Gasteiger partial charge in [0.15, 0.2) is 5.96 Å². The molecule has 0 aliphatic rings. The van der Waals surface area contributed by atoms with E-state index in [9.17, 15) is 0 Å². The van der Waals surface area contributed by atoms with Crippen LogP contribution >= 0.6 is 12.4 Å². The Labute approximate surface area is 98.0 Å². The number of nitrogens with one attached hydrogen (secondary N) is 1. The smallest absolute Gasteiger partial charge is 0.370 e. The Balaban J connectivity index is 0. The highest BCUT2D eigenvalue weighted by Gasteiger charge is 2.40. The van der Waals surface area contributed by atoms with Gasteiger partial charge in [-0.1, -0.05) is 6.92 Å². The highest BCUT2D eigenvalue weighted by atomic mass is 35.5. The standard InChI is InChI=1S/C7H19N3O3Si.ClH/c1-5-6-9-7(8)10-14(11-2,12-3)13-4;/h5-6H2,1-4H3,(H3,8,9,10);1H. The molecule has 0 aliphatic carbocycles. The van der Waals surface area contributed by atoms with Gasteiger partial charge in [-0.15, -0.1) is 12.4 Å². The first-order valence-corrected chi connectivity index (χ1v) is 6.10. The molecule has 0 amide bonds. The van der Waals surface area contributed by atoms with Crippen LogP contribution in [0.25, 0.3) is 0 Å². The summed E-state index contributed by atoms with van der Waals surface area (Å²) in [5.41, 5.74) is 5.61. The molecule has 0 bridgehead atoms. The summed E-state index contributed by atoms with van der Waals surface area (Å²) in [4.78, 5) is 6.86. The van der Waals surface area contributed by atoms with Crippen LogP contribution in [0.5, 0.6) is 0 Å². The highest BCUT2D eigenvalue weighted by molar-refractivity contribution is 6.60. The lowest BCUT2D eigenvalue weighted by atomic mass is 10.5. The van der Waals surface area contributed by atoms with Gasteiger partial charge in [0.25, 0.3) is 0 Å². The minimum Gasteiger partial charge on any atom is -0.370 e. The Bertz CT molecular complexity index is 182. The monoisotopic (exact) mass is 257 g/mol. The SMILES string of the molecule is CCCN=C(N)N[Si](OC)(OC)OC.Cl. The molecule has 3 N–H and O–H groups in total. The van der Waals surface area contributed by atoms with Crippen LogP contribution in [0.3, 0.4) is 0 Å². The fraction of sp³-hybridized carbons (Fsp3) is 0.857. The summed E-state index contributed by atoms with van der Waals surface area (Å²) < 4.78 is 15.3. The fourth-order valence-corrected chi connectivity index (χ4v) is 2.03. The third-order valence-corrected chi connectivity index (χ3v) is 3.77. The molecule has 0 aromatic heterocycles. The van der Waals surface area contributed by atoms with E-state index in [0.717, 1.165) is 6.42 Å². The van der Waals surface area contributed by atoms with Crippen LogP contribution in [-0.2, 0) is 13.3 Å². The average Bonchev–Trinajstić information content (AvgIpc) is 2.23. The number of rotatable bonds is 6. The molecule has 0 heterocycles. The van der Waals surface area contributed by atoms with Gasteiger partial charge in [0, 0.05) is 27.9 Å². The summed E-state index contributed by atoms with van der Waals surface area (Å²) in [6, 6.07) is 0. The number of nitrogens with zero attached hydrogens (tertiary/aromatic N) is 1. The molecule has 92 valence electrons. The molecule has 8 heteroatoms. The zero-order chi connectivity index (χ0) is 11.0. The van der Waals surface area contributed by atoms with Crippen molar-refractivity contribution in [2.75, 3.05) is 27.9 Å². The lowest BCUT2D eigenvalue weighted by molar-refractivity contribution is 0.117. The Morgan fingerprint density at radius 2 is 1.73 bits per heavy atom. The van der Waals surface area contributed by atoms with Crippen molar-refractivity contribution in [3.8, 4) is 0 Å². The summed E-state index contributed by atoms with van der Waals surface area (Å²) in [6.45, 7) is 2.69. The zero-order valence-corrected chi connectivity index (χ0v) is 11.4. The van der Waals surface area contributed by atoms with Gasteiger partial charge in [-0.05, 0) is 6.42 Å². The van der Waals surface area contributed by atoms with Gasteiger partial charge >= 0.3 is 8.97 Å². The predicted molar refractivity (Wildman–Crippen MR) is 63.9 cm³/mol. The van der Waals surface area contributed by atoms with E-state index in [1.54, 1.807) is 0 Å². The first kappa shape index (κ1) is 17.1. The summed E-state index contributed by atoms with van der Waals surface area (Å²) >= 11 is 0. The lowest BCUT2D eigenvalue weighted by Gasteiger charge is -2.24. The number of aliphatic imine (C=N–C) groups is 1. The van der Waals surface area contributed by atoms with Crippen molar-refractivity contribution < 1.29 is 13.3 Å². The van der Waals surface area contributed by atoms with E-state index < -0.39 is 8.97 Å². The Hall–Kier alpha value is -0.343. The normalized spacial score (nSPS) is 12.1. The quantitative estimate of drug-likeness (QED) is 0.401. The molecule has 0 fully saturated rings. The molecule has 0 aliphatic heterocycles. The molecule has 0 saturated heterocycles. The van der Waals surface area contributed by atoms with E-state index in [1.807, 2.05) is 6.92 Å². The summed E-state index contributed by atoms with van der Waals surface area (Å²) in [6.07, 6.45) is 0.934. The van der Waals surface area contributed by atoms with Crippen LogP contribution in [0, 0.1) is 0 Å². The first-order chi connectivity index (χ1) is 6.64. The molecule has 0 spiro atoms. The number of guanidine groups is 1. The van der Waals surface area contributed by atoms with Crippen LogP contribution in [0.1, 0.15) is 13.3 Å². The van der Waals surface area contributed by atoms with Gasteiger partial charge in [0.2, 0.25) is 0 Å². The number of halogens is 1. The minimum atomic E-state index is -2.84. The van der Waals surface area contributed by atoms with E-state index in [-0.39, 0.29) is 18.4 Å². The second kappa shape index (κ2) is 8.92. The Kier molecular flexibility index (Phi) is 10.2. The molecule has 0 unspecified atom stereocenters. The molecule has 15 heavy (non-hydrogen) atoms. The third kappa shape index (κ3) is 5.95. The van der Waals surface area contributed by atoms with Crippen LogP contribution in [0.4, 0.5) is 0 Å². The van der Waals surface area contributed by atoms with E-state index >= 15 is 0 Å². The van der Waals surface area contributed by atoms with Gasteiger partial charge < -0.3 is 24.0 Å². The second-order valence-corrected chi connectivity index (χ2v) is 5.15. The topological polar surface area (TPSA) is 78.1 Å². The molecule has 0 radical (unpaired) electrons. The van der Waals surface area contributed by atoms with Crippen LogP contribution in [-0.4, -0.2) is 42.8 Å². The molecule has 0 aromatic rings. The van der Waals surface area contributed by atoms with Gasteiger partial charge in [-0.3, -0.25) is 4.99 Å². The molecule has 6 nitrogen and oxygen atoms in total. The van der Waals surface area contributed by atoms with Crippen LogP contribution in [0.15, 0.2) is 4.99 Å². The molecular formula is C7H20ClN3O3Si. The second-order valence-electron chi connectivity index (χ2n) is 2.56. The Morgan fingerprint density at radius 1 is 1.27 bits per heavy atom. The van der Waals surface area contributed by atoms with Gasteiger partial charge in [-0.25, -0.2) is 0 Å². The third-order valence-electron chi connectivity index (χ3n) is 1.59. The van der Waals surface area contributed by atoms with Crippen molar-refractivity contribution in [1.29, 1.82) is 0 Å². The zero-order valence-electron chi connectivity index (χ0n) is 9.57. The van der Waals surface area contributed by atoms with Crippen LogP contribution < -0.4 is 10.7 Å². The maximum absolute atomic E-state index is 5.61. The number of hydrogen-bond donors (Lipinski definition) is 2. The molecular weight excluding hydrogens is 238 g/mol. The highest BCUT2D eigenvalue weighted by Crippen LogP contribution is 1.99. The largest absolute Gasteiger partial charge is 0.632 e.